The van der Waals surface area contributed by atoms with Gasteiger partial charge >= 0.3 is 11.9 Å². The summed E-state index contributed by atoms with van der Waals surface area (Å²) < 4.78 is 45.8. The molecule has 5 aliphatic rings. The van der Waals surface area contributed by atoms with Gasteiger partial charge < -0.3 is 19.1 Å². The van der Waals surface area contributed by atoms with Gasteiger partial charge in [0.1, 0.15) is 17.1 Å². The Hall–Kier alpha value is -2.79. The minimum atomic E-state index is -2.39. The van der Waals surface area contributed by atoms with Gasteiger partial charge in [-0.2, -0.15) is 0 Å². The lowest BCUT2D eigenvalue weighted by atomic mass is 9.45. The van der Waals surface area contributed by atoms with Gasteiger partial charge in [-0.05, 0) is 73.3 Å². The zero-order chi connectivity index (χ0) is 30.4. The number of ether oxygens (including phenoxy) is 2. The molecule has 0 spiro atoms. The lowest BCUT2D eigenvalue weighted by Crippen LogP contribution is -2.68. The molecule has 6 rings (SSSR count). The molecule has 1 N–H and O–H groups in total. The number of aliphatic hydroxyl groups is 1. The van der Waals surface area contributed by atoms with Crippen LogP contribution in [0.5, 0.6) is 0 Å². The lowest BCUT2D eigenvalue weighted by molar-refractivity contribution is -0.201. The number of rotatable bonds is 4. The van der Waals surface area contributed by atoms with Crippen LogP contribution in [0.4, 0.5) is 8.78 Å². The summed E-state index contributed by atoms with van der Waals surface area (Å²) in [5.41, 5.74) is -4.91. The molecule has 0 unspecified atom stereocenters. The largest absolute Gasteiger partial charge is 0.465 e. The fourth-order valence-corrected chi connectivity index (χ4v) is 10.1. The van der Waals surface area contributed by atoms with Gasteiger partial charge in [0, 0.05) is 31.5 Å². The van der Waals surface area contributed by atoms with Crippen molar-refractivity contribution in [3.8, 4) is 0 Å². The van der Waals surface area contributed by atoms with E-state index in [0.717, 1.165) is 17.8 Å². The molecule has 1 aliphatic heterocycles. The van der Waals surface area contributed by atoms with Gasteiger partial charge in [0.2, 0.25) is 5.78 Å². The highest BCUT2D eigenvalue weighted by Crippen LogP contribution is 2.70. The van der Waals surface area contributed by atoms with Crippen molar-refractivity contribution in [1.29, 1.82) is 0 Å². The fraction of sp³-hybridized carbons (Fsp3) is 0.613. The molecule has 1 aromatic heterocycles. The Morgan fingerprint density at radius 1 is 1.21 bits per heavy atom. The topological polar surface area (TPSA) is 112 Å². The third-order valence-corrected chi connectivity index (χ3v) is 12.0. The van der Waals surface area contributed by atoms with Crippen LogP contribution in [-0.2, 0) is 30.9 Å². The van der Waals surface area contributed by atoms with Crippen LogP contribution >= 0.6 is 11.8 Å². The number of carbonyl (C=O) groups excluding carboxylic acids is 4. The van der Waals surface area contributed by atoms with E-state index in [4.69, 9.17) is 9.47 Å². The van der Waals surface area contributed by atoms with E-state index >= 15 is 8.78 Å². The van der Waals surface area contributed by atoms with Gasteiger partial charge in [-0.3, -0.25) is 14.4 Å². The first-order chi connectivity index (χ1) is 19.7. The monoisotopic (exact) mass is 603 g/mol. The highest BCUT2D eigenvalue weighted by Gasteiger charge is 2.73. The Bertz CT molecular complexity index is 1440. The minimum absolute atomic E-state index is 0.0544. The summed E-state index contributed by atoms with van der Waals surface area (Å²) in [6, 6.07) is 3.15. The molecule has 2 heterocycles. The van der Waals surface area contributed by atoms with Crippen molar-refractivity contribution in [2.45, 2.75) is 69.6 Å². The van der Waals surface area contributed by atoms with Crippen LogP contribution in [0.2, 0.25) is 0 Å². The molecule has 226 valence electrons. The van der Waals surface area contributed by atoms with E-state index in [0.29, 0.717) is 12.8 Å². The number of hydrogen-bond acceptors (Lipinski definition) is 8. The Morgan fingerprint density at radius 3 is 2.60 bits per heavy atom. The maximum atomic E-state index is 17.8. The second kappa shape index (κ2) is 9.87. The summed E-state index contributed by atoms with van der Waals surface area (Å²) >= 11 is 0.955. The molecule has 0 aromatic carbocycles. The van der Waals surface area contributed by atoms with E-state index in [1.807, 2.05) is 13.8 Å². The molecule has 1 aromatic rings. The average molecular weight is 604 g/mol. The van der Waals surface area contributed by atoms with Gasteiger partial charge in [0.25, 0.3) is 0 Å². The number of hydrogen-bond donors (Lipinski definition) is 1. The van der Waals surface area contributed by atoms with Crippen LogP contribution in [0.1, 0.15) is 56.9 Å². The van der Waals surface area contributed by atoms with E-state index in [2.05, 4.69) is 0 Å². The molecule has 0 radical (unpaired) electrons. The molecule has 42 heavy (non-hydrogen) atoms. The summed E-state index contributed by atoms with van der Waals surface area (Å²) in [5, 5.41) is 10.9. The van der Waals surface area contributed by atoms with Crippen LogP contribution in [0.15, 0.2) is 41.8 Å². The van der Waals surface area contributed by atoms with Crippen molar-refractivity contribution < 1.29 is 42.5 Å². The number of halogens is 2. The Labute approximate surface area is 246 Å². The van der Waals surface area contributed by atoms with Crippen LogP contribution in [-0.4, -0.2) is 62.3 Å². The summed E-state index contributed by atoms with van der Waals surface area (Å²) in [5.74, 6) is -4.55. The van der Waals surface area contributed by atoms with E-state index in [1.165, 1.54) is 23.6 Å². The van der Waals surface area contributed by atoms with E-state index in [1.54, 1.807) is 19.3 Å². The van der Waals surface area contributed by atoms with Gasteiger partial charge in [-0.1, -0.05) is 25.6 Å². The first-order valence-corrected chi connectivity index (χ1v) is 15.3. The molecule has 1 saturated heterocycles. The molecule has 4 fully saturated rings. The lowest BCUT2D eigenvalue weighted by Gasteiger charge is -2.62. The third kappa shape index (κ3) is 4.02. The van der Waals surface area contributed by atoms with Gasteiger partial charge in [0.05, 0.1) is 18.1 Å². The Kier molecular flexibility index (Phi) is 6.88. The number of carbonyl (C=O) groups is 4. The predicted octanol–water partition coefficient (Wildman–Crippen LogP) is 4.27. The standard InChI is InChI=1S/C31H35F2NO7S/c1-15-10-16-17-11-19(32)18-12-21(35)22(41-26(37)20-6-5-8-34(20)4)13-30(18,3)31(17,33)24(36)14-29(16,2)25(15)28(39)42-23-7-9-40-27(23)38/h5-6,8,12-13,15-17,19,23-25,36H,7,9-11,14H2,1-4H3/t15-,16+,17+,19+,23+,24+,25-,29+,30+,31+/m1/s1. The minimum Gasteiger partial charge on any atom is -0.465 e. The molecular weight excluding hydrogens is 568 g/mol. The molecule has 3 saturated carbocycles. The third-order valence-electron chi connectivity index (χ3n) is 10.8. The number of ketones is 1. The van der Waals surface area contributed by atoms with E-state index in [-0.39, 0.29) is 41.7 Å². The van der Waals surface area contributed by atoms with Crippen LogP contribution in [0, 0.1) is 34.5 Å². The quantitative estimate of drug-likeness (QED) is 0.508. The van der Waals surface area contributed by atoms with Gasteiger partial charge in [-0.15, -0.1) is 0 Å². The van der Waals surface area contributed by atoms with Crippen LogP contribution in [0.25, 0.3) is 0 Å². The second-order valence-electron chi connectivity index (χ2n) is 13.1. The first-order valence-electron chi connectivity index (χ1n) is 14.4. The number of aromatic nitrogens is 1. The van der Waals surface area contributed by atoms with Crippen LogP contribution in [0.3, 0.4) is 0 Å². The zero-order valence-corrected chi connectivity index (χ0v) is 24.8. The average Bonchev–Trinajstić information content (AvgIpc) is 3.59. The van der Waals surface area contributed by atoms with Crippen molar-refractivity contribution in [1.82, 2.24) is 4.57 Å². The zero-order valence-electron chi connectivity index (χ0n) is 24.0. The highest BCUT2D eigenvalue weighted by atomic mass is 32.2. The molecule has 11 heteroatoms. The van der Waals surface area contributed by atoms with Crippen molar-refractivity contribution in [3.05, 3.63) is 47.5 Å². The van der Waals surface area contributed by atoms with Crippen molar-refractivity contribution in [2.24, 2.45) is 41.5 Å². The number of aliphatic hydroxyl groups excluding tert-OH is 1. The number of esters is 2. The van der Waals surface area contributed by atoms with Gasteiger partial charge in [0.15, 0.2) is 16.5 Å². The normalized spacial score (nSPS) is 42.6. The molecular formula is C31H35F2NO7S. The molecule has 10 atom stereocenters. The van der Waals surface area contributed by atoms with E-state index in [9.17, 15) is 24.3 Å². The number of allylic oxidation sites excluding steroid dienone is 3. The van der Waals surface area contributed by atoms with Gasteiger partial charge in [-0.25, -0.2) is 13.6 Å². The van der Waals surface area contributed by atoms with Crippen molar-refractivity contribution in [2.75, 3.05) is 6.61 Å². The fourth-order valence-electron chi connectivity index (χ4n) is 8.84. The molecule has 0 bridgehead atoms. The van der Waals surface area contributed by atoms with Crippen molar-refractivity contribution >= 4 is 34.6 Å². The number of aryl methyl sites for hydroxylation is 1. The summed E-state index contributed by atoms with van der Waals surface area (Å²) in [6.45, 7) is 5.50. The summed E-state index contributed by atoms with van der Waals surface area (Å²) in [6.07, 6.45) is 1.15. The maximum Gasteiger partial charge on any atom is 0.360 e. The number of alkyl halides is 2. The molecule has 4 aliphatic carbocycles. The molecule has 0 amide bonds. The highest BCUT2D eigenvalue weighted by molar-refractivity contribution is 8.14. The molecule has 8 nitrogen and oxygen atoms in total. The summed E-state index contributed by atoms with van der Waals surface area (Å²) in [4.78, 5) is 51.5. The number of nitrogens with zero attached hydrogens (tertiary/aromatic N) is 1. The maximum absolute atomic E-state index is 17.8. The predicted molar refractivity (Wildman–Crippen MR) is 148 cm³/mol. The smallest absolute Gasteiger partial charge is 0.360 e. The van der Waals surface area contributed by atoms with E-state index < -0.39 is 75.3 Å². The van der Waals surface area contributed by atoms with Crippen molar-refractivity contribution in [3.63, 3.8) is 0 Å². The number of fused-ring (bicyclic) bond motifs is 5. The Balaban J connectivity index is 1.35. The number of cyclic esters (lactones) is 1. The second-order valence-corrected chi connectivity index (χ2v) is 14.3. The summed E-state index contributed by atoms with van der Waals surface area (Å²) in [7, 11) is 1.64. The SMILES string of the molecule is C[C@@H]1C[C@H]2[C@@H]3C[C@H](F)C4=CC(=O)C(OC(=O)c5cccn5C)=C[C@]4(C)[C@@]3(F)[C@@H](O)C[C@]2(C)[C@H]1C(=O)S[C@H]1CCOC1=O. The van der Waals surface area contributed by atoms with Crippen LogP contribution < -0.4 is 0 Å². The Morgan fingerprint density at radius 2 is 1.95 bits per heavy atom. The number of thioether (sulfide) groups is 1. The first kappa shape index (κ1) is 29.3.